The summed E-state index contributed by atoms with van der Waals surface area (Å²) in [6.07, 6.45) is 7.38. The van der Waals surface area contributed by atoms with Gasteiger partial charge in [-0.1, -0.05) is 93.4 Å². The Bertz CT molecular complexity index is 1610. The minimum atomic E-state index is -0.687. The van der Waals surface area contributed by atoms with Crippen molar-refractivity contribution in [3.63, 3.8) is 0 Å². The van der Waals surface area contributed by atoms with E-state index in [0.29, 0.717) is 11.2 Å². The zero-order valence-electron chi connectivity index (χ0n) is 29.0. The molecule has 6 heteroatoms. The van der Waals surface area contributed by atoms with Crippen molar-refractivity contribution in [3.8, 4) is 11.3 Å². The van der Waals surface area contributed by atoms with E-state index < -0.39 is 6.08 Å². The van der Waals surface area contributed by atoms with Gasteiger partial charge in [0.2, 0.25) is 0 Å². The molecule has 4 nitrogen and oxygen atoms in total. The van der Waals surface area contributed by atoms with Gasteiger partial charge in [0.05, 0.1) is 34.0 Å². The number of allylic oxidation sites excluding steroid dienone is 1. The van der Waals surface area contributed by atoms with Gasteiger partial charge in [-0.05, 0) is 96.0 Å². The van der Waals surface area contributed by atoms with Crippen LogP contribution in [0.1, 0.15) is 79.1 Å². The van der Waals surface area contributed by atoms with Gasteiger partial charge in [0.1, 0.15) is 0 Å². The number of hydrogen-bond donors (Lipinski definition) is 1. The van der Waals surface area contributed by atoms with Crippen LogP contribution in [0.25, 0.3) is 28.2 Å². The van der Waals surface area contributed by atoms with Gasteiger partial charge in [-0.15, -0.1) is 0 Å². The molecule has 0 spiro atoms. The molecule has 0 saturated heterocycles. The van der Waals surface area contributed by atoms with Crippen molar-refractivity contribution in [3.05, 3.63) is 124 Å². The fourth-order valence-corrected chi connectivity index (χ4v) is 4.44. The normalized spacial score (nSPS) is 10.5. The molecule has 1 aliphatic rings. The molecule has 0 N–H and O–H groups in total. The predicted molar refractivity (Wildman–Crippen MR) is 197 cm³/mol. The summed E-state index contributed by atoms with van der Waals surface area (Å²) in [5.41, 5.74) is 11.5. The van der Waals surface area contributed by atoms with Crippen molar-refractivity contribution in [2.75, 3.05) is 6.26 Å². The van der Waals surface area contributed by atoms with Crippen molar-refractivity contribution in [2.24, 2.45) is 0 Å². The zero-order valence-corrected chi connectivity index (χ0v) is 29.9. The first-order valence-electron chi connectivity index (χ1n) is 15.7. The predicted octanol–water partition coefficient (Wildman–Crippen LogP) is 11.0. The van der Waals surface area contributed by atoms with Crippen LogP contribution in [0.2, 0.25) is 0 Å². The Hall–Kier alpha value is -3.90. The van der Waals surface area contributed by atoms with Gasteiger partial charge >= 0.3 is 6.08 Å². The van der Waals surface area contributed by atoms with Gasteiger partial charge < -0.3 is 0 Å². The second-order valence-electron chi connectivity index (χ2n) is 9.99. The maximum absolute atomic E-state index is 13.6. The lowest BCUT2D eigenvalue weighted by molar-refractivity contribution is 0.546. The summed E-state index contributed by atoms with van der Waals surface area (Å²) >= 11 is 3.53. The first-order chi connectivity index (χ1) is 21.7. The molecule has 0 fully saturated rings. The van der Waals surface area contributed by atoms with Gasteiger partial charge in [-0.25, -0.2) is 15.0 Å². The van der Waals surface area contributed by atoms with Crippen LogP contribution >= 0.6 is 12.6 Å². The maximum atomic E-state index is 13.6. The molecule has 0 amide bonds. The molecular weight excluding hydrogens is 576 g/mol. The van der Waals surface area contributed by atoms with Gasteiger partial charge in [0.25, 0.3) is 0 Å². The third-order valence-electron chi connectivity index (χ3n) is 6.73. The third kappa shape index (κ3) is 12.2. The number of hydrogen-bond acceptors (Lipinski definition) is 5. The first kappa shape index (κ1) is 39.1. The minimum Gasteiger partial charge on any atom is -0.254 e. The van der Waals surface area contributed by atoms with Crippen LogP contribution in [0, 0.1) is 47.6 Å². The van der Waals surface area contributed by atoms with E-state index in [1.54, 1.807) is 12.3 Å². The molecule has 45 heavy (non-hydrogen) atoms. The summed E-state index contributed by atoms with van der Waals surface area (Å²) < 4.78 is 13.6. The van der Waals surface area contributed by atoms with E-state index in [1.165, 1.54) is 11.1 Å². The monoisotopic (exact) mass is 626 g/mol. The van der Waals surface area contributed by atoms with E-state index in [4.69, 9.17) is 0 Å². The van der Waals surface area contributed by atoms with Crippen LogP contribution in [-0.2, 0) is 6.42 Å². The number of nitrogens with zero attached hydrogens (tertiary/aromatic N) is 4. The lowest BCUT2D eigenvalue weighted by atomic mass is 10.0. The molecule has 0 radical (unpaired) electrons. The Balaban J connectivity index is 0.000000335. The molecule has 6 rings (SSSR count). The molecule has 0 aliphatic heterocycles. The average Bonchev–Trinajstić information content (AvgIpc) is 3.05. The SMILES string of the molecule is CC.CC.CS.Cc1cc(C)cc(-c2nc(F)nc3ccccc23)c1.Cc1ccccc1C.Cc1nc2c(nc1C)CCC=C2. The van der Waals surface area contributed by atoms with Crippen LogP contribution < -0.4 is 0 Å². The highest BCUT2D eigenvalue weighted by Gasteiger charge is 2.10. The highest BCUT2D eigenvalue weighted by molar-refractivity contribution is 7.79. The Morgan fingerprint density at radius 3 is 1.76 bits per heavy atom. The van der Waals surface area contributed by atoms with Crippen molar-refractivity contribution in [1.82, 2.24) is 19.9 Å². The summed E-state index contributed by atoms with van der Waals surface area (Å²) in [6, 6.07) is 21.9. The van der Waals surface area contributed by atoms with Crippen LogP contribution in [-0.4, -0.2) is 26.2 Å². The summed E-state index contributed by atoms with van der Waals surface area (Å²) in [5, 5.41) is 0.869. The topological polar surface area (TPSA) is 51.6 Å². The van der Waals surface area contributed by atoms with Crippen LogP contribution in [0.5, 0.6) is 0 Å². The standard InChI is InChI=1S/C16H13FN2.C10H12N2.C8H10.2C2H6.CH4S/c1-10-7-11(2)9-12(8-10)15-13-5-3-4-6-14(13)18-16(17)19-15;1-7-8(2)12-10-6-4-3-5-9(10)11-7;1-7-5-3-4-6-8(7)2;3*1-2/h3-9H,1-2H3;3,5H,4,6H2,1-2H3;3-6H,1-2H3;2*1-2H3;2H,1H3. The minimum absolute atomic E-state index is 0.629. The van der Waals surface area contributed by atoms with Gasteiger partial charge in [-0.3, -0.25) is 4.98 Å². The quantitative estimate of drug-likeness (QED) is 0.149. The fraction of sp³-hybridized carbons (Fsp3) is 0.333. The number of aryl methyl sites for hydroxylation is 7. The zero-order chi connectivity index (χ0) is 33.9. The number of aromatic nitrogens is 4. The smallest absolute Gasteiger partial charge is 0.254 e. The second kappa shape index (κ2) is 20.9. The van der Waals surface area contributed by atoms with Crippen molar-refractivity contribution in [2.45, 2.75) is 82.1 Å². The molecule has 1 aliphatic carbocycles. The van der Waals surface area contributed by atoms with Crippen molar-refractivity contribution >= 4 is 29.6 Å². The summed E-state index contributed by atoms with van der Waals surface area (Å²) in [4.78, 5) is 16.8. The van der Waals surface area contributed by atoms with Crippen LogP contribution in [0.4, 0.5) is 4.39 Å². The number of thiol groups is 1. The number of para-hydroxylation sites is 1. The molecule has 3 aromatic carbocycles. The van der Waals surface area contributed by atoms with Gasteiger partial charge in [-0.2, -0.15) is 17.0 Å². The van der Waals surface area contributed by atoms with E-state index >= 15 is 0 Å². The number of fused-ring (bicyclic) bond motifs is 2. The Labute approximate surface area is 276 Å². The number of benzene rings is 3. The van der Waals surface area contributed by atoms with Gasteiger partial charge in [0, 0.05) is 10.9 Å². The van der Waals surface area contributed by atoms with E-state index in [1.807, 2.05) is 85.7 Å². The van der Waals surface area contributed by atoms with Crippen LogP contribution in [0.3, 0.4) is 0 Å². The largest absolute Gasteiger partial charge is 0.309 e. The average molecular weight is 627 g/mol. The molecule has 0 bridgehead atoms. The highest BCUT2D eigenvalue weighted by atomic mass is 32.1. The summed E-state index contributed by atoms with van der Waals surface area (Å²) in [6.45, 7) is 20.3. The lowest BCUT2D eigenvalue weighted by Crippen LogP contribution is -2.04. The molecular formula is C39H51FN4S. The molecule has 0 atom stereocenters. The molecule has 0 saturated carbocycles. The first-order valence-corrected chi connectivity index (χ1v) is 16.6. The van der Waals surface area contributed by atoms with E-state index in [-0.39, 0.29) is 0 Å². The van der Waals surface area contributed by atoms with E-state index in [0.717, 1.165) is 57.7 Å². The highest BCUT2D eigenvalue weighted by Crippen LogP contribution is 2.27. The second-order valence-corrected chi connectivity index (χ2v) is 9.99. The summed E-state index contributed by atoms with van der Waals surface area (Å²) in [5.74, 6) is 0. The van der Waals surface area contributed by atoms with Crippen LogP contribution in [0.15, 0.2) is 72.8 Å². The third-order valence-corrected chi connectivity index (χ3v) is 6.73. The molecule has 5 aromatic rings. The Kier molecular flexibility index (Phi) is 18.2. The lowest BCUT2D eigenvalue weighted by Gasteiger charge is -2.10. The maximum Gasteiger partial charge on any atom is 0.309 e. The van der Waals surface area contributed by atoms with E-state index in [2.05, 4.69) is 88.9 Å². The van der Waals surface area contributed by atoms with Crippen molar-refractivity contribution < 1.29 is 4.39 Å². The Morgan fingerprint density at radius 1 is 0.644 bits per heavy atom. The van der Waals surface area contributed by atoms with E-state index in [9.17, 15) is 4.39 Å². The molecule has 0 unspecified atom stereocenters. The fourth-order valence-electron chi connectivity index (χ4n) is 4.44. The molecule has 240 valence electrons. The number of halogens is 1. The molecule has 2 aromatic heterocycles. The van der Waals surface area contributed by atoms with Crippen molar-refractivity contribution in [1.29, 1.82) is 0 Å². The summed E-state index contributed by atoms with van der Waals surface area (Å²) in [7, 11) is 0. The van der Waals surface area contributed by atoms with Gasteiger partial charge in [0.15, 0.2) is 0 Å². The molecule has 2 heterocycles. The Morgan fingerprint density at radius 2 is 1.18 bits per heavy atom. The number of rotatable bonds is 1.